The number of nitrogen functional groups attached to an aromatic ring is 1. The zero-order valence-corrected chi connectivity index (χ0v) is 22.9. The highest BCUT2D eigenvalue weighted by molar-refractivity contribution is 7.91. The molecule has 0 saturated heterocycles. The van der Waals surface area contributed by atoms with Crippen LogP contribution in [-0.4, -0.2) is 29.2 Å². The number of sulfonamides is 1. The third kappa shape index (κ3) is 5.20. The third-order valence-electron chi connectivity index (χ3n) is 7.70. The van der Waals surface area contributed by atoms with Crippen LogP contribution in [0.25, 0.3) is 22.2 Å². The SMILES string of the molecule is Nc1ncc([C@H]2CC[C@H](N)CC2)c2c1c(-c1ccc(NS(=O)(=O)Cc3ccccc3Cl)c(F)c1)nn2C1CC1. The van der Waals surface area contributed by atoms with E-state index in [1.807, 2.05) is 10.9 Å². The second-order valence-corrected chi connectivity index (χ2v) is 12.7. The van der Waals surface area contributed by atoms with Gasteiger partial charge in [0.15, 0.2) is 0 Å². The van der Waals surface area contributed by atoms with Gasteiger partial charge in [0.1, 0.15) is 17.3 Å². The van der Waals surface area contributed by atoms with Crippen molar-refractivity contribution in [2.75, 3.05) is 10.5 Å². The molecule has 39 heavy (non-hydrogen) atoms. The van der Waals surface area contributed by atoms with E-state index in [1.165, 1.54) is 12.1 Å². The summed E-state index contributed by atoms with van der Waals surface area (Å²) in [6.07, 6.45) is 7.78. The highest BCUT2D eigenvalue weighted by Gasteiger charge is 2.32. The first-order valence-electron chi connectivity index (χ1n) is 13.2. The molecule has 204 valence electrons. The van der Waals surface area contributed by atoms with E-state index in [2.05, 4.69) is 9.71 Å². The van der Waals surface area contributed by atoms with Crippen LogP contribution in [0.4, 0.5) is 15.9 Å². The molecule has 2 saturated carbocycles. The molecule has 0 amide bonds. The molecular weight excluding hydrogens is 539 g/mol. The number of fused-ring (bicyclic) bond motifs is 1. The van der Waals surface area contributed by atoms with Gasteiger partial charge in [0.25, 0.3) is 0 Å². The Labute approximate surface area is 231 Å². The van der Waals surface area contributed by atoms with E-state index in [0.717, 1.165) is 49.6 Å². The van der Waals surface area contributed by atoms with Gasteiger partial charge in [0.2, 0.25) is 10.0 Å². The van der Waals surface area contributed by atoms with Gasteiger partial charge in [-0.2, -0.15) is 5.10 Å². The van der Waals surface area contributed by atoms with Crippen LogP contribution in [0.2, 0.25) is 5.02 Å². The Morgan fingerprint density at radius 3 is 2.51 bits per heavy atom. The summed E-state index contributed by atoms with van der Waals surface area (Å²) in [4.78, 5) is 4.51. The minimum atomic E-state index is -3.91. The van der Waals surface area contributed by atoms with Gasteiger partial charge >= 0.3 is 0 Å². The summed E-state index contributed by atoms with van der Waals surface area (Å²) in [5.41, 5.74) is 16.0. The van der Waals surface area contributed by atoms with Crippen molar-refractivity contribution in [1.29, 1.82) is 0 Å². The Morgan fingerprint density at radius 2 is 1.82 bits per heavy atom. The number of pyridine rings is 1. The van der Waals surface area contributed by atoms with Crippen LogP contribution >= 0.6 is 11.6 Å². The topological polar surface area (TPSA) is 129 Å². The number of nitrogens with one attached hydrogen (secondary N) is 1. The van der Waals surface area contributed by atoms with E-state index in [-0.39, 0.29) is 23.5 Å². The molecule has 4 aromatic rings. The lowest BCUT2D eigenvalue weighted by molar-refractivity contribution is 0.395. The summed E-state index contributed by atoms with van der Waals surface area (Å²) in [5.74, 6) is -0.433. The van der Waals surface area contributed by atoms with Crippen molar-refractivity contribution in [2.45, 2.75) is 62.3 Å². The Bertz CT molecular complexity index is 1660. The molecule has 2 aliphatic carbocycles. The van der Waals surface area contributed by atoms with E-state index in [0.29, 0.717) is 39.0 Å². The fraction of sp³-hybridized carbons (Fsp3) is 0.357. The molecule has 0 bridgehead atoms. The van der Waals surface area contributed by atoms with E-state index in [1.54, 1.807) is 30.3 Å². The molecule has 0 radical (unpaired) electrons. The molecule has 11 heteroatoms. The van der Waals surface area contributed by atoms with E-state index in [9.17, 15) is 8.42 Å². The summed E-state index contributed by atoms with van der Waals surface area (Å²) in [6, 6.07) is 11.5. The van der Waals surface area contributed by atoms with Gasteiger partial charge < -0.3 is 11.5 Å². The second kappa shape index (κ2) is 10.1. The molecule has 0 unspecified atom stereocenters. The van der Waals surface area contributed by atoms with Gasteiger partial charge in [-0.05, 0) is 73.8 Å². The van der Waals surface area contributed by atoms with Crippen molar-refractivity contribution in [3.63, 3.8) is 0 Å². The highest BCUT2D eigenvalue weighted by Crippen LogP contribution is 2.45. The summed E-state index contributed by atoms with van der Waals surface area (Å²) < 4.78 is 45.2. The van der Waals surface area contributed by atoms with Crippen LogP contribution in [0.3, 0.4) is 0 Å². The predicted octanol–water partition coefficient (Wildman–Crippen LogP) is 5.73. The molecule has 0 atom stereocenters. The van der Waals surface area contributed by atoms with Crippen LogP contribution in [0, 0.1) is 5.82 Å². The Balaban J connectivity index is 1.36. The van der Waals surface area contributed by atoms with Crippen LogP contribution in [0.1, 0.15) is 61.6 Å². The molecule has 2 aliphatic rings. The number of halogens is 2. The number of nitrogens with zero attached hydrogens (tertiary/aromatic N) is 3. The Morgan fingerprint density at radius 1 is 1.08 bits per heavy atom. The summed E-state index contributed by atoms with van der Waals surface area (Å²) in [7, 11) is -3.91. The second-order valence-electron chi connectivity index (χ2n) is 10.6. The summed E-state index contributed by atoms with van der Waals surface area (Å²) in [5, 5.41) is 5.96. The number of nitrogens with two attached hydrogens (primary N) is 2. The maximum absolute atomic E-state index is 15.3. The molecule has 8 nitrogen and oxygen atoms in total. The lowest BCUT2D eigenvalue weighted by Gasteiger charge is -2.27. The number of hydrogen-bond acceptors (Lipinski definition) is 6. The van der Waals surface area contributed by atoms with Crippen molar-refractivity contribution >= 4 is 44.0 Å². The van der Waals surface area contributed by atoms with Gasteiger partial charge in [-0.15, -0.1) is 0 Å². The van der Waals surface area contributed by atoms with Crippen LogP contribution in [0.5, 0.6) is 0 Å². The molecule has 5 N–H and O–H groups in total. The summed E-state index contributed by atoms with van der Waals surface area (Å²) in [6.45, 7) is 0. The fourth-order valence-electron chi connectivity index (χ4n) is 5.50. The zero-order valence-electron chi connectivity index (χ0n) is 21.3. The van der Waals surface area contributed by atoms with Crippen molar-refractivity contribution in [3.8, 4) is 11.3 Å². The lowest BCUT2D eigenvalue weighted by Crippen LogP contribution is -2.26. The maximum Gasteiger partial charge on any atom is 0.237 e. The monoisotopic (exact) mass is 568 g/mol. The van der Waals surface area contributed by atoms with Crippen LogP contribution < -0.4 is 16.2 Å². The number of rotatable bonds is 7. The predicted molar refractivity (Wildman–Crippen MR) is 152 cm³/mol. The molecule has 2 fully saturated rings. The average molecular weight is 569 g/mol. The van der Waals surface area contributed by atoms with Gasteiger partial charge in [-0.25, -0.2) is 17.8 Å². The molecule has 0 aliphatic heterocycles. The number of benzene rings is 2. The summed E-state index contributed by atoms with van der Waals surface area (Å²) >= 11 is 6.11. The first kappa shape index (κ1) is 26.0. The first-order chi connectivity index (χ1) is 18.7. The van der Waals surface area contributed by atoms with Crippen molar-refractivity contribution in [1.82, 2.24) is 14.8 Å². The fourth-order valence-corrected chi connectivity index (χ4v) is 7.02. The lowest BCUT2D eigenvalue weighted by atomic mass is 9.82. The minimum absolute atomic E-state index is 0.151. The number of hydrogen-bond donors (Lipinski definition) is 3. The Kier molecular flexibility index (Phi) is 6.73. The van der Waals surface area contributed by atoms with E-state index < -0.39 is 15.8 Å². The molecular formula is C28H30ClFN6O2S. The van der Waals surface area contributed by atoms with E-state index >= 15 is 4.39 Å². The first-order valence-corrected chi connectivity index (χ1v) is 15.2. The van der Waals surface area contributed by atoms with Gasteiger partial charge in [0, 0.05) is 22.8 Å². The number of anilines is 2. The van der Waals surface area contributed by atoms with Gasteiger partial charge in [0.05, 0.1) is 28.4 Å². The zero-order chi connectivity index (χ0) is 27.3. The molecule has 2 aromatic heterocycles. The minimum Gasteiger partial charge on any atom is -0.383 e. The van der Waals surface area contributed by atoms with Crippen LogP contribution in [-0.2, 0) is 15.8 Å². The molecule has 6 rings (SSSR count). The Hall–Kier alpha value is -3.21. The van der Waals surface area contributed by atoms with Crippen molar-refractivity contribution in [2.24, 2.45) is 5.73 Å². The highest BCUT2D eigenvalue weighted by atomic mass is 35.5. The van der Waals surface area contributed by atoms with E-state index in [4.69, 9.17) is 28.2 Å². The smallest absolute Gasteiger partial charge is 0.237 e. The third-order valence-corrected chi connectivity index (χ3v) is 9.29. The maximum atomic E-state index is 15.3. The van der Waals surface area contributed by atoms with Crippen LogP contribution in [0.15, 0.2) is 48.7 Å². The quantitative estimate of drug-likeness (QED) is 0.261. The van der Waals surface area contributed by atoms with Crippen molar-refractivity contribution in [3.05, 3.63) is 70.6 Å². The van der Waals surface area contributed by atoms with Gasteiger partial charge in [-0.3, -0.25) is 9.40 Å². The van der Waals surface area contributed by atoms with Gasteiger partial charge in [-0.1, -0.05) is 35.9 Å². The van der Waals surface area contributed by atoms with Crippen molar-refractivity contribution < 1.29 is 12.8 Å². The standard InChI is InChI=1S/C28H30ClFN6O2S/c29-22-4-2-1-3-18(22)15-39(37,38)35-24-12-7-17(13-23(24)30)26-25-27(36(34-26)20-10-11-20)21(14-33-28(25)32)16-5-8-19(31)9-6-16/h1-4,7,12-14,16,19-20,35H,5-6,8-11,15,31H2,(H2,32,33)/t16-,19-. The number of aromatic nitrogens is 3. The molecule has 2 heterocycles. The molecule has 0 spiro atoms. The largest absolute Gasteiger partial charge is 0.383 e. The molecule has 2 aromatic carbocycles. The average Bonchev–Trinajstić information content (AvgIpc) is 3.67. The normalized spacial score (nSPS) is 19.9.